The first kappa shape index (κ1) is 13.0. The summed E-state index contributed by atoms with van der Waals surface area (Å²) in [5.41, 5.74) is 0. The molecule has 0 aromatic rings. The van der Waals surface area contributed by atoms with Crippen LogP contribution in [0.1, 0.15) is 47.0 Å². The normalized spacial score (nSPS) is 22.8. The van der Waals surface area contributed by atoms with Crippen molar-refractivity contribution < 1.29 is 0 Å². The van der Waals surface area contributed by atoms with Crippen LogP contribution in [0.2, 0.25) is 0 Å². The minimum Gasteiger partial charge on any atom is -0.313 e. The minimum atomic E-state index is 0.640. The Balaban J connectivity index is 2.44. The number of nitrogens with zero attached hydrogens (tertiary/aromatic N) is 1. The Bertz CT molecular complexity index is 177. The number of hydrogen-bond acceptors (Lipinski definition) is 2. The molecule has 1 aliphatic carbocycles. The lowest BCUT2D eigenvalue weighted by Gasteiger charge is -2.36. The molecular weight excluding hydrogens is 184 g/mol. The molecule has 1 aliphatic rings. The lowest BCUT2D eigenvalue weighted by molar-refractivity contribution is 0.143. The predicted molar refractivity (Wildman–Crippen MR) is 67.2 cm³/mol. The average molecular weight is 212 g/mol. The van der Waals surface area contributed by atoms with Crippen LogP contribution in [-0.4, -0.2) is 36.6 Å². The second-order valence-electron chi connectivity index (χ2n) is 5.06. The molecule has 15 heavy (non-hydrogen) atoms. The van der Waals surface area contributed by atoms with E-state index in [0.29, 0.717) is 12.1 Å². The average Bonchev–Trinajstić information content (AvgIpc) is 3.06. The summed E-state index contributed by atoms with van der Waals surface area (Å²) in [5, 5.41) is 3.59. The van der Waals surface area contributed by atoms with Gasteiger partial charge in [-0.3, -0.25) is 4.90 Å². The van der Waals surface area contributed by atoms with Crippen LogP contribution in [-0.2, 0) is 0 Å². The van der Waals surface area contributed by atoms with Gasteiger partial charge in [0.25, 0.3) is 0 Å². The Morgan fingerprint density at radius 1 is 1.27 bits per heavy atom. The van der Waals surface area contributed by atoms with E-state index >= 15 is 0 Å². The zero-order valence-electron chi connectivity index (χ0n) is 11.1. The van der Waals surface area contributed by atoms with E-state index in [1.807, 2.05) is 0 Å². The Morgan fingerprint density at radius 3 is 2.27 bits per heavy atom. The van der Waals surface area contributed by atoms with Crippen LogP contribution in [0.4, 0.5) is 0 Å². The van der Waals surface area contributed by atoms with E-state index in [1.165, 1.54) is 19.3 Å². The minimum absolute atomic E-state index is 0.640. The topological polar surface area (TPSA) is 15.3 Å². The standard InChI is InChI=1S/C13H28N2/c1-6-13(14-7-2)11(4)15(5)10(3)12-8-9-12/h10-14H,6-9H2,1-5H3. The van der Waals surface area contributed by atoms with Crippen molar-refractivity contribution in [1.82, 2.24) is 10.2 Å². The van der Waals surface area contributed by atoms with Crippen LogP contribution in [0.25, 0.3) is 0 Å². The van der Waals surface area contributed by atoms with Crippen LogP contribution >= 0.6 is 0 Å². The molecule has 1 fully saturated rings. The van der Waals surface area contributed by atoms with E-state index in [0.717, 1.165) is 18.5 Å². The molecule has 0 aliphatic heterocycles. The third kappa shape index (κ3) is 3.46. The quantitative estimate of drug-likeness (QED) is 0.697. The van der Waals surface area contributed by atoms with E-state index in [1.54, 1.807) is 0 Å². The molecule has 0 radical (unpaired) electrons. The third-order valence-corrected chi connectivity index (χ3v) is 4.08. The molecular formula is C13H28N2. The van der Waals surface area contributed by atoms with E-state index in [4.69, 9.17) is 0 Å². The van der Waals surface area contributed by atoms with Gasteiger partial charge in [0.2, 0.25) is 0 Å². The monoisotopic (exact) mass is 212 g/mol. The molecule has 0 aromatic carbocycles. The van der Waals surface area contributed by atoms with Crippen LogP contribution in [0.15, 0.2) is 0 Å². The molecule has 0 saturated heterocycles. The highest BCUT2D eigenvalue weighted by molar-refractivity contribution is 4.88. The third-order valence-electron chi connectivity index (χ3n) is 4.08. The van der Waals surface area contributed by atoms with E-state index in [2.05, 4.69) is 45.0 Å². The Hall–Kier alpha value is -0.0800. The van der Waals surface area contributed by atoms with Crippen molar-refractivity contribution in [3.63, 3.8) is 0 Å². The van der Waals surface area contributed by atoms with Gasteiger partial charge in [-0.2, -0.15) is 0 Å². The van der Waals surface area contributed by atoms with Gasteiger partial charge >= 0.3 is 0 Å². The first-order valence-electron chi connectivity index (χ1n) is 6.57. The highest BCUT2D eigenvalue weighted by Crippen LogP contribution is 2.35. The van der Waals surface area contributed by atoms with Gasteiger partial charge in [0.15, 0.2) is 0 Å². The molecule has 2 nitrogen and oxygen atoms in total. The summed E-state index contributed by atoms with van der Waals surface area (Å²) in [6, 6.07) is 2.04. The Labute approximate surface area is 95.4 Å². The van der Waals surface area contributed by atoms with Gasteiger partial charge < -0.3 is 5.32 Å². The fraction of sp³-hybridized carbons (Fsp3) is 1.00. The van der Waals surface area contributed by atoms with Gasteiger partial charge in [0.1, 0.15) is 0 Å². The van der Waals surface area contributed by atoms with Gasteiger partial charge in [0, 0.05) is 18.1 Å². The Kier molecular flexibility index (Phi) is 5.07. The molecule has 1 rings (SSSR count). The second kappa shape index (κ2) is 5.86. The SMILES string of the molecule is CCNC(CC)C(C)N(C)C(C)C1CC1. The molecule has 3 atom stereocenters. The van der Waals surface area contributed by atoms with Crippen molar-refractivity contribution in [2.75, 3.05) is 13.6 Å². The van der Waals surface area contributed by atoms with Crippen molar-refractivity contribution in [2.45, 2.75) is 65.1 Å². The van der Waals surface area contributed by atoms with Crippen molar-refractivity contribution in [2.24, 2.45) is 5.92 Å². The maximum absolute atomic E-state index is 3.59. The molecule has 0 bridgehead atoms. The molecule has 0 spiro atoms. The van der Waals surface area contributed by atoms with Gasteiger partial charge in [-0.1, -0.05) is 13.8 Å². The van der Waals surface area contributed by atoms with Crippen LogP contribution in [0.3, 0.4) is 0 Å². The van der Waals surface area contributed by atoms with Crippen molar-refractivity contribution >= 4 is 0 Å². The zero-order valence-corrected chi connectivity index (χ0v) is 11.1. The van der Waals surface area contributed by atoms with Gasteiger partial charge in [-0.05, 0) is 52.6 Å². The summed E-state index contributed by atoms with van der Waals surface area (Å²) in [4.78, 5) is 2.56. The zero-order chi connectivity index (χ0) is 11.4. The summed E-state index contributed by atoms with van der Waals surface area (Å²) >= 11 is 0. The number of rotatable bonds is 7. The molecule has 1 saturated carbocycles. The van der Waals surface area contributed by atoms with Crippen molar-refractivity contribution in [3.05, 3.63) is 0 Å². The molecule has 0 amide bonds. The second-order valence-corrected chi connectivity index (χ2v) is 5.06. The maximum Gasteiger partial charge on any atom is 0.0220 e. The number of nitrogens with one attached hydrogen (secondary N) is 1. The van der Waals surface area contributed by atoms with Crippen molar-refractivity contribution in [1.29, 1.82) is 0 Å². The molecule has 3 unspecified atom stereocenters. The first-order valence-corrected chi connectivity index (χ1v) is 6.57. The van der Waals surface area contributed by atoms with Gasteiger partial charge in [-0.15, -0.1) is 0 Å². The molecule has 2 heteroatoms. The first-order chi connectivity index (χ1) is 7.11. The summed E-state index contributed by atoms with van der Waals surface area (Å²) in [6.45, 7) is 10.3. The number of likely N-dealkylation sites (N-methyl/N-ethyl adjacent to an activating group) is 2. The summed E-state index contributed by atoms with van der Waals surface area (Å²) in [7, 11) is 2.29. The van der Waals surface area contributed by atoms with Crippen LogP contribution in [0, 0.1) is 5.92 Å². The summed E-state index contributed by atoms with van der Waals surface area (Å²) in [6.07, 6.45) is 4.10. The highest BCUT2D eigenvalue weighted by atomic mass is 15.2. The number of hydrogen-bond donors (Lipinski definition) is 1. The van der Waals surface area contributed by atoms with Gasteiger partial charge in [-0.25, -0.2) is 0 Å². The van der Waals surface area contributed by atoms with E-state index in [9.17, 15) is 0 Å². The van der Waals surface area contributed by atoms with E-state index in [-0.39, 0.29) is 0 Å². The highest BCUT2D eigenvalue weighted by Gasteiger charge is 2.33. The molecule has 0 heterocycles. The van der Waals surface area contributed by atoms with Crippen LogP contribution in [0.5, 0.6) is 0 Å². The van der Waals surface area contributed by atoms with Gasteiger partial charge in [0.05, 0.1) is 0 Å². The maximum atomic E-state index is 3.59. The lowest BCUT2D eigenvalue weighted by atomic mass is 10.0. The molecule has 1 N–H and O–H groups in total. The Morgan fingerprint density at radius 2 is 1.87 bits per heavy atom. The molecule has 90 valence electrons. The van der Waals surface area contributed by atoms with Crippen LogP contribution < -0.4 is 5.32 Å². The predicted octanol–water partition coefficient (Wildman–Crippen LogP) is 2.49. The fourth-order valence-electron chi connectivity index (χ4n) is 2.48. The summed E-state index contributed by atoms with van der Waals surface area (Å²) < 4.78 is 0. The smallest absolute Gasteiger partial charge is 0.0220 e. The summed E-state index contributed by atoms with van der Waals surface area (Å²) in [5.74, 6) is 0.969. The lowest BCUT2D eigenvalue weighted by Crippen LogP contribution is -2.50. The molecule has 0 aromatic heterocycles. The van der Waals surface area contributed by atoms with E-state index < -0.39 is 0 Å². The van der Waals surface area contributed by atoms with Crippen molar-refractivity contribution in [3.8, 4) is 0 Å². The largest absolute Gasteiger partial charge is 0.313 e. The fourth-order valence-corrected chi connectivity index (χ4v) is 2.48.